The van der Waals surface area contributed by atoms with Crippen LogP contribution < -0.4 is 10.2 Å². The van der Waals surface area contributed by atoms with Gasteiger partial charge in [0.2, 0.25) is 10.0 Å². The van der Waals surface area contributed by atoms with Crippen molar-refractivity contribution >= 4 is 38.9 Å². The van der Waals surface area contributed by atoms with E-state index in [4.69, 9.17) is 11.6 Å². The molecule has 0 atom stereocenters. The zero-order valence-electron chi connectivity index (χ0n) is 17.5. The van der Waals surface area contributed by atoms with Gasteiger partial charge >= 0.3 is 6.18 Å². The molecular formula is C21H23ClF3N3O3S. The Balaban J connectivity index is 1.94. The van der Waals surface area contributed by atoms with E-state index in [1.54, 1.807) is 14.1 Å². The van der Waals surface area contributed by atoms with Crippen molar-refractivity contribution < 1.29 is 26.4 Å². The van der Waals surface area contributed by atoms with Crippen molar-refractivity contribution in [3.63, 3.8) is 0 Å². The molecule has 32 heavy (non-hydrogen) atoms. The average Bonchev–Trinajstić information content (AvgIpc) is 2.73. The molecule has 0 radical (unpaired) electrons. The Morgan fingerprint density at radius 2 is 1.72 bits per heavy atom. The summed E-state index contributed by atoms with van der Waals surface area (Å²) in [6.07, 6.45) is -2.33. The number of carbonyl (C=O) groups is 1. The quantitative estimate of drug-likeness (QED) is 0.651. The van der Waals surface area contributed by atoms with Gasteiger partial charge in [0.25, 0.3) is 5.91 Å². The highest BCUT2D eigenvalue weighted by molar-refractivity contribution is 7.89. The van der Waals surface area contributed by atoms with Crippen molar-refractivity contribution in [2.45, 2.75) is 30.3 Å². The fourth-order valence-electron chi connectivity index (χ4n) is 3.44. The second-order valence-corrected chi connectivity index (χ2v) is 10.00. The highest BCUT2D eigenvalue weighted by Crippen LogP contribution is 2.37. The summed E-state index contributed by atoms with van der Waals surface area (Å²) in [7, 11) is -0.726. The number of rotatable bonds is 5. The maximum atomic E-state index is 13.6. The molecule has 0 spiro atoms. The molecule has 0 aromatic heterocycles. The molecule has 1 N–H and O–H groups in total. The summed E-state index contributed by atoms with van der Waals surface area (Å²) in [5.74, 6) is -0.875. The van der Waals surface area contributed by atoms with Crippen LogP contribution in [0.1, 0.15) is 35.2 Å². The minimum absolute atomic E-state index is 0.0570. The summed E-state index contributed by atoms with van der Waals surface area (Å²) >= 11 is 6.11. The molecule has 0 unspecified atom stereocenters. The van der Waals surface area contributed by atoms with Gasteiger partial charge in [0.15, 0.2) is 0 Å². The molecule has 11 heteroatoms. The van der Waals surface area contributed by atoms with E-state index >= 15 is 0 Å². The van der Waals surface area contributed by atoms with E-state index in [-0.39, 0.29) is 15.5 Å². The van der Waals surface area contributed by atoms with E-state index in [0.717, 1.165) is 37.5 Å². The number of halogens is 4. The molecule has 1 fully saturated rings. The molecule has 3 rings (SSSR count). The lowest BCUT2D eigenvalue weighted by molar-refractivity contribution is -0.136. The Hall–Kier alpha value is -2.30. The Morgan fingerprint density at radius 1 is 1.06 bits per heavy atom. The van der Waals surface area contributed by atoms with Gasteiger partial charge in [-0.05, 0) is 49.2 Å². The van der Waals surface area contributed by atoms with Gasteiger partial charge in [-0.3, -0.25) is 4.79 Å². The second-order valence-electron chi connectivity index (χ2n) is 7.69. The van der Waals surface area contributed by atoms with Crippen LogP contribution in [0.25, 0.3) is 0 Å². The molecule has 0 saturated carbocycles. The van der Waals surface area contributed by atoms with Gasteiger partial charge in [-0.1, -0.05) is 18.0 Å². The molecule has 2 aromatic rings. The normalized spacial score (nSPS) is 15.4. The molecule has 1 saturated heterocycles. The van der Waals surface area contributed by atoms with Gasteiger partial charge in [-0.15, -0.1) is 0 Å². The number of nitrogens with zero attached hydrogens (tertiary/aromatic N) is 2. The molecule has 0 aliphatic carbocycles. The van der Waals surface area contributed by atoms with Gasteiger partial charge in [0, 0.05) is 38.4 Å². The third kappa shape index (κ3) is 5.19. The van der Waals surface area contributed by atoms with Crippen molar-refractivity contribution in [3.8, 4) is 0 Å². The van der Waals surface area contributed by atoms with E-state index in [1.807, 2.05) is 0 Å². The van der Waals surface area contributed by atoms with E-state index in [0.29, 0.717) is 18.8 Å². The monoisotopic (exact) mass is 489 g/mol. The Morgan fingerprint density at radius 3 is 2.31 bits per heavy atom. The summed E-state index contributed by atoms with van der Waals surface area (Å²) in [6, 6.07) is 7.17. The number of sulfonamides is 1. The van der Waals surface area contributed by atoms with Gasteiger partial charge in [-0.2, -0.15) is 17.5 Å². The summed E-state index contributed by atoms with van der Waals surface area (Å²) in [6.45, 7) is 0.699. The zero-order chi connectivity index (χ0) is 23.7. The highest BCUT2D eigenvalue weighted by Gasteiger charge is 2.35. The molecule has 174 valence electrons. The van der Waals surface area contributed by atoms with Crippen LogP contribution in [0.5, 0.6) is 0 Å². The number of alkyl halides is 3. The first-order valence-electron chi connectivity index (χ1n) is 9.91. The average molecular weight is 490 g/mol. The number of hydrogen-bond acceptors (Lipinski definition) is 4. The minimum Gasteiger partial charge on any atom is -0.378 e. The second kappa shape index (κ2) is 9.29. The standard InChI is InChI=1S/C21H23ClF3N3O3S/c1-27(2)15-7-9-18(16(13-15)21(23,24)25)26-20(29)14-6-8-17(22)19(12-14)32(30,31)28-10-4-3-5-11-28/h6-9,12-13H,3-5,10-11H2,1-2H3,(H,26,29). The van der Waals surface area contributed by atoms with Crippen LogP contribution in [0.4, 0.5) is 24.5 Å². The van der Waals surface area contributed by atoms with Crippen LogP contribution in [0.15, 0.2) is 41.3 Å². The molecular weight excluding hydrogens is 467 g/mol. The fraction of sp³-hybridized carbons (Fsp3) is 0.381. The molecule has 1 aliphatic heterocycles. The Bertz CT molecular complexity index is 1120. The first-order valence-corrected chi connectivity index (χ1v) is 11.7. The number of benzene rings is 2. The van der Waals surface area contributed by atoms with Crippen LogP contribution in [-0.2, 0) is 16.2 Å². The van der Waals surface area contributed by atoms with Crippen molar-refractivity contribution in [1.29, 1.82) is 0 Å². The van der Waals surface area contributed by atoms with Gasteiger partial charge < -0.3 is 10.2 Å². The van der Waals surface area contributed by atoms with Crippen molar-refractivity contribution in [2.75, 3.05) is 37.4 Å². The minimum atomic E-state index is -4.70. The number of carbonyl (C=O) groups excluding carboxylic acids is 1. The van der Waals surface area contributed by atoms with E-state index in [2.05, 4.69) is 5.32 Å². The lowest BCUT2D eigenvalue weighted by Crippen LogP contribution is -2.35. The molecule has 1 amide bonds. The van der Waals surface area contributed by atoms with Crippen LogP contribution in [0.2, 0.25) is 5.02 Å². The molecule has 1 heterocycles. The highest BCUT2D eigenvalue weighted by atomic mass is 35.5. The number of piperidine rings is 1. The van der Waals surface area contributed by atoms with E-state index < -0.39 is 33.4 Å². The predicted molar refractivity (Wildman–Crippen MR) is 118 cm³/mol. The largest absolute Gasteiger partial charge is 0.418 e. The lowest BCUT2D eigenvalue weighted by Gasteiger charge is -2.26. The number of hydrogen-bond donors (Lipinski definition) is 1. The summed E-state index contributed by atoms with van der Waals surface area (Å²) in [5.41, 5.74) is -1.23. The SMILES string of the molecule is CN(C)c1ccc(NC(=O)c2ccc(Cl)c(S(=O)(=O)N3CCCCC3)c2)c(C(F)(F)F)c1. The maximum Gasteiger partial charge on any atom is 0.418 e. The van der Waals surface area contributed by atoms with Crippen LogP contribution in [-0.4, -0.2) is 45.8 Å². The smallest absolute Gasteiger partial charge is 0.378 e. The third-order valence-electron chi connectivity index (χ3n) is 5.20. The first-order chi connectivity index (χ1) is 14.9. The predicted octanol–water partition coefficient (Wildman–Crippen LogP) is 4.85. The summed E-state index contributed by atoms with van der Waals surface area (Å²) in [4.78, 5) is 14.0. The zero-order valence-corrected chi connectivity index (χ0v) is 19.1. The number of nitrogens with one attached hydrogen (secondary N) is 1. The van der Waals surface area contributed by atoms with E-state index in [1.165, 1.54) is 27.4 Å². The van der Waals surface area contributed by atoms with Crippen molar-refractivity contribution in [1.82, 2.24) is 4.31 Å². The van der Waals surface area contributed by atoms with Gasteiger partial charge in [-0.25, -0.2) is 8.42 Å². The molecule has 0 bridgehead atoms. The Kier molecular flexibility index (Phi) is 7.06. The first kappa shape index (κ1) is 24.3. The van der Waals surface area contributed by atoms with Crippen LogP contribution in [0, 0.1) is 0 Å². The summed E-state index contributed by atoms with van der Waals surface area (Å²) < 4.78 is 67.9. The topological polar surface area (TPSA) is 69.7 Å². The number of amides is 1. The Labute approximate surface area is 190 Å². The van der Waals surface area contributed by atoms with Gasteiger partial charge in [0.1, 0.15) is 4.90 Å². The molecule has 1 aliphatic rings. The number of anilines is 2. The summed E-state index contributed by atoms with van der Waals surface area (Å²) in [5, 5.41) is 2.19. The van der Waals surface area contributed by atoms with E-state index in [9.17, 15) is 26.4 Å². The van der Waals surface area contributed by atoms with Crippen LogP contribution >= 0.6 is 11.6 Å². The van der Waals surface area contributed by atoms with Crippen molar-refractivity contribution in [2.24, 2.45) is 0 Å². The lowest BCUT2D eigenvalue weighted by atomic mass is 10.1. The van der Waals surface area contributed by atoms with Gasteiger partial charge in [0.05, 0.1) is 16.3 Å². The van der Waals surface area contributed by atoms with Crippen molar-refractivity contribution in [3.05, 3.63) is 52.5 Å². The molecule has 6 nitrogen and oxygen atoms in total. The third-order valence-corrected chi connectivity index (χ3v) is 7.58. The molecule has 2 aromatic carbocycles. The van der Waals surface area contributed by atoms with Crippen LogP contribution in [0.3, 0.4) is 0 Å². The maximum absolute atomic E-state index is 13.6. The fourth-order valence-corrected chi connectivity index (χ4v) is 5.45.